The topological polar surface area (TPSA) is 55.4 Å². The minimum Gasteiger partial charge on any atom is -0.452 e. The van der Waals surface area contributed by atoms with Crippen molar-refractivity contribution < 1.29 is 18.7 Å². The van der Waals surface area contributed by atoms with Crippen LogP contribution in [0.4, 0.5) is 10.1 Å². The van der Waals surface area contributed by atoms with Gasteiger partial charge in [-0.05, 0) is 55.3 Å². The van der Waals surface area contributed by atoms with Crippen LogP contribution in [0.5, 0.6) is 0 Å². The molecule has 0 heterocycles. The molecule has 0 saturated carbocycles. The van der Waals surface area contributed by atoms with Gasteiger partial charge in [0.15, 0.2) is 6.61 Å². The molecule has 0 fully saturated rings. The van der Waals surface area contributed by atoms with Crippen molar-refractivity contribution >= 4 is 33.5 Å². The zero-order chi connectivity index (χ0) is 17.0. The van der Waals surface area contributed by atoms with Gasteiger partial charge in [0.05, 0.1) is 5.56 Å². The zero-order valence-electron chi connectivity index (χ0n) is 12.7. The monoisotopic (exact) mass is 379 g/mol. The summed E-state index contributed by atoms with van der Waals surface area (Å²) in [4.78, 5) is 23.6. The second-order valence-corrected chi connectivity index (χ2v) is 5.91. The maximum Gasteiger partial charge on any atom is 0.338 e. The minimum absolute atomic E-state index is 0.0698. The highest BCUT2D eigenvalue weighted by atomic mass is 79.9. The average molecular weight is 380 g/mol. The predicted molar refractivity (Wildman–Crippen MR) is 88.9 cm³/mol. The third kappa shape index (κ3) is 4.63. The molecule has 1 N–H and O–H groups in total. The Morgan fingerprint density at radius 1 is 1.13 bits per heavy atom. The van der Waals surface area contributed by atoms with Crippen LogP contribution in [0.3, 0.4) is 0 Å². The van der Waals surface area contributed by atoms with Gasteiger partial charge in [-0.25, -0.2) is 9.18 Å². The Kier molecular flexibility index (Phi) is 5.50. The van der Waals surface area contributed by atoms with E-state index in [2.05, 4.69) is 21.2 Å². The molecule has 0 bridgehead atoms. The smallest absolute Gasteiger partial charge is 0.338 e. The molecule has 0 saturated heterocycles. The molecule has 2 aromatic rings. The number of hydrogen-bond acceptors (Lipinski definition) is 3. The summed E-state index contributed by atoms with van der Waals surface area (Å²) in [5, 5.41) is 2.63. The Morgan fingerprint density at radius 3 is 2.52 bits per heavy atom. The summed E-state index contributed by atoms with van der Waals surface area (Å²) >= 11 is 3.37. The van der Waals surface area contributed by atoms with E-state index >= 15 is 0 Å². The highest BCUT2D eigenvalue weighted by molar-refractivity contribution is 9.10. The van der Waals surface area contributed by atoms with E-state index in [-0.39, 0.29) is 5.56 Å². The van der Waals surface area contributed by atoms with Crippen molar-refractivity contribution in [3.63, 3.8) is 0 Å². The third-order valence-electron chi connectivity index (χ3n) is 3.18. The van der Waals surface area contributed by atoms with E-state index in [4.69, 9.17) is 4.74 Å². The minimum atomic E-state index is -0.744. The van der Waals surface area contributed by atoms with Crippen LogP contribution in [0.2, 0.25) is 0 Å². The molecule has 23 heavy (non-hydrogen) atoms. The number of amides is 1. The summed E-state index contributed by atoms with van der Waals surface area (Å²) in [5.41, 5.74) is 2.08. The predicted octanol–water partition coefficient (Wildman–Crippen LogP) is 4.00. The van der Waals surface area contributed by atoms with Crippen molar-refractivity contribution in [2.45, 2.75) is 13.8 Å². The maximum atomic E-state index is 13.4. The number of rotatable bonds is 4. The average Bonchev–Trinajstić information content (AvgIpc) is 2.51. The number of halogens is 2. The first-order valence-electron chi connectivity index (χ1n) is 6.86. The Labute approximate surface area is 141 Å². The number of esters is 1. The molecular formula is C17H15BrFNO3. The van der Waals surface area contributed by atoms with Crippen LogP contribution in [-0.4, -0.2) is 18.5 Å². The van der Waals surface area contributed by atoms with Crippen molar-refractivity contribution in [3.8, 4) is 0 Å². The molecule has 1 amide bonds. The molecule has 0 spiro atoms. The molecule has 2 aromatic carbocycles. The van der Waals surface area contributed by atoms with E-state index < -0.39 is 24.3 Å². The van der Waals surface area contributed by atoms with Gasteiger partial charge in [0.2, 0.25) is 0 Å². The lowest BCUT2D eigenvalue weighted by Gasteiger charge is -2.08. The summed E-state index contributed by atoms with van der Waals surface area (Å²) in [6.07, 6.45) is 0. The molecule has 6 heteroatoms. The number of nitrogens with one attached hydrogen (secondary N) is 1. The first-order chi connectivity index (χ1) is 10.9. The summed E-state index contributed by atoms with van der Waals surface area (Å²) in [5.74, 6) is -1.70. The molecule has 0 radical (unpaired) electrons. The van der Waals surface area contributed by atoms with Crippen LogP contribution in [0, 0.1) is 19.7 Å². The van der Waals surface area contributed by atoms with E-state index in [0.29, 0.717) is 11.3 Å². The molecule has 0 aliphatic heterocycles. The number of aryl methyl sites for hydroxylation is 2. The normalized spacial score (nSPS) is 10.3. The summed E-state index contributed by atoms with van der Waals surface area (Å²) in [6.45, 7) is 3.05. The second-order valence-electron chi connectivity index (χ2n) is 5.05. The Bertz CT molecular complexity index is 761. The van der Waals surface area contributed by atoms with E-state index in [9.17, 15) is 14.0 Å². The second kappa shape index (κ2) is 7.37. The van der Waals surface area contributed by atoms with E-state index in [0.717, 1.165) is 16.1 Å². The molecular weight excluding hydrogens is 365 g/mol. The number of hydrogen-bond donors (Lipinski definition) is 1. The van der Waals surface area contributed by atoms with Gasteiger partial charge in [0.25, 0.3) is 5.91 Å². The highest BCUT2D eigenvalue weighted by Crippen LogP contribution is 2.20. The first-order valence-corrected chi connectivity index (χ1v) is 7.65. The molecule has 0 aromatic heterocycles. The zero-order valence-corrected chi connectivity index (χ0v) is 14.2. The van der Waals surface area contributed by atoms with Crippen LogP contribution in [0.15, 0.2) is 40.9 Å². The van der Waals surface area contributed by atoms with E-state index in [1.54, 1.807) is 19.1 Å². The van der Waals surface area contributed by atoms with E-state index in [1.165, 1.54) is 12.1 Å². The van der Waals surface area contributed by atoms with Crippen molar-refractivity contribution in [3.05, 3.63) is 63.4 Å². The van der Waals surface area contributed by atoms with Crippen molar-refractivity contribution in [2.75, 3.05) is 11.9 Å². The third-order valence-corrected chi connectivity index (χ3v) is 4.07. The van der Waals surface area contributed by atoms with Gasteiger partial charge in [-0.3, -0.25) is 4.79 Å². The molecule has 0 unspecified atom stereocenters. The summed E-state index contributed by atoms with van der Waals surface area (Å²) < 4.78 is 19.2. The molecule has 0 atom stereocenters. The molecule has 0 aliphatic rings. The van der Waals surface area contributed by atoms with Crippen molar-refractivity contribution in [1.82, 2.24) is 0 Å². The van der Waals surface area contributed by atoms with Gasteiger partial charge in [0.1, 0.15) is 5.82 Å². The SMILES string of the molecule is Cc1ccc(C(=O)OCC(=O)Nc2ccc(Br)c(C)c2)cc1F. The number of benzene rings is 2. The fourth-order valence-electron chi connectivity index (χ4n) is 1.85. The fourth-order valence-corrected chi connectivity index (χ4v) is 2.10. The largest absolute Gasteiger partial charge is 0.452 e. The fraction of sp³-hybridized carbons (Fsp3) is 0.176. The maximum absolute atomic E-state index is 13.4. The Morgan fingerprint density at radius 2 is 1.87 bits per heavy atom. The summed E-state index contributed by atoms with van der Waals surface area (Å²) in [7, 11) is 0. The molecule has 120 valence electrons. The Hall–Kier alpha value is -2.21. The first kappa shape index (κ1) is 17.1. The number of carbonyl (C=O) groups is 2. The lowest BCUT2D eigenvalue weighted by Crippen LogP contribution is -2.21. The van der Waals surface area contributed by atoms with E-state index in [1.807, 2.05) is 13.0 Å². The highest BCUT2D eigenvalue weighted by Gasteiger charge is 2.12. The number of ether oxygens (including phenoxy) is 1. The van der Waals surface area contributed by atoms with Crippen LogP contribution in [0.1, 0.15) is 21.5 Å². The van der Waals surface area contributed by atoms with Crippen molar-refractivity contribution in [1.29, 1.82) is 0 Å². The molecule has 4 nitrogen and oxygen atoms in total. The van der Waals surface area contributed by atoms with Gasteiger partial charge in [-0.2, -0.15) is 0 Å². The van der Waals surface area contributed by atoms with Gasteiger partial charge in [-0.1, -0.05) is 22.0 Å². The number of anilines is 1. The molecule has 0 aliphatic carbocycles. The van der Waals surface area contributed by atoms with Gasteiger partial charge in [-0.15, -0.1) is 0 Å². The van der Waals surface area contributed by atoms with Crippen LogP contribution in [0.25, 0.3) is 0 Å². The van der Waals surface area contributed by atoms with Crippen LogP contribution < -0.4 is 5.32 Å². The molecule has 2 rings (SSSR count). The summed E-state index contributed by atoms with van der Waals surface area (Å²) in [6, 6.07) is 9.36. The van der Waals surface area contributed by atoms with Gasteiger partial charge < -0.3 is 10.1 Å². The lowest BCUT2D eigenvalue weighted by molar-refractivity contribution is -0.119. The van der Waals surface area contributed by atoms with Gasteiger partial charge in [0, 0.05) is 10.2 Å². The quantitative estimate of drug-likeness (QED) is 0.816. The standard InChI is InChI=1S/C17H15BrFNO3/c1-10-3-4-12(8-15(10)19)17(22)23-9-16(21)20-13-5-6-14(18)11(2)7-13/h3-8H,9H2,1-2H3,(H,20,21). The lowest BCUT2D eigenvalue weighted by atomic mass is 10.1. The van der Waals surface area contributed by atoms with Crippen LogP contribution >= 0.6 is 15.9 Å². The van der Waals surface area contributed by atoms with Gasteiger partial charge >= 0.3 is 5.97 Å². The van der Waals surface area contributed by atoms with Crippen molar-refractivity contribution in [2.24, 2.45) is 0 Å². The number of carbonyl (C=O) groups excluding carboxylic acids is 2. The Balaban J connectivity index is 1.91. The van der Waals surface area contributed by atoms with Crippen LogP contribution in [-0.2, 0) is 9.53 Å².